The minimum Gasteiger partial charge on any atom is -0.505 e. The molecule has 4 rings (SSSR count). The molecule has 8 N–H and O–H groups in total. The first-order valence-corrected chi connectivity index (χ1v) is 14.4. The van der Waals surface area contributed by atoms with E-state index in [-0.39, 0.29) is 34.2 Å². The van der Waals surface area contributed by atoms with Crippen LogP contribution in [0.3, 0.4) is 0 Å². The van der Waals surface area contributed by atoms with E-state index in [1.807, 2.05) is 0 Å². The number of amides is 2. The Kier molecular flexibility index (Phi) is 7.93. The zero-order valence-electron chi connectivity index (χ0n) is 19.1. The van der Waals surface area contributed by atoms with Gasteiger partial charge >= 0.3 is 5.97 Å². The number of fused-ring (bicyclic) bond motifs is 1. The number of hydrogen-bond donors (Lipinski definition) is 6. The Morgan fingerprint density at radius 3 is 2.74 bits per heavy atom. The molecule has 1 saturated heterocycles. The van der Waals surface area contributed by atoms with Crippen LogP contribution < -0.4 is 16.2 Å². The quantitative estimate of drug-likeness (QED) is 0.139. The van der Waals surface area contributed by atoms with Crippen LogP contribution >= 0.6 is 23.5 Å². The first-order chi connectivity index (χ1) is 17.9. The summed E-state index contributed by atoms with van der Waals surface area (Å²) in [6.07, 6.45) is -0.0877. The first-order valence-electron chi connectivity index (χ1n) is 10.7. The van der Waals surface area contributed by atoms with Crippen LogP contribution in [0.5, 0.6) is 5.75 Å². The number of aromatic amines is 1. The maximum absolute atomic E-state index is 13.7. The summed E-state index contributed by atoms with van der Waals surface area (Å²) < 4.78 is 36.8. The number of nitrogens with two attached hydrogens (primary N) is 2. The third kappa shape index (κ3) is 5.75. The van der Waals surface area contributed by atoms with Crippen LogP contribution in [0.25, 0.3) is 0 Å². The second-order valence-corrected chi connectivity index (χ2v) is 12.2. The van der Waals surface area contributed by atoms with E-state index in [1.165, 1.54) is 6.07 Å². The number of hydrogen-bond acceptors (Lipinski definition) is 12. The number of phenolic OH excluding ortho intramolecular Hbond substituents is 1. The monoisotopic (exact) mass is 588 g/mol. The Morgan fingerprint density at radius 1 is 1.39 bits per heavy atom. The number of nitrogens with one attached hydrogen (secondary N) is 2. The molecule has 19 heteroatoms. The molecule has 3 heterocycles. The highest BCUT2D eigenvalue weighted by atomic mass is 32.2. The van der Waals surface area contributed by atoms with Crippen LogP contribution in [-0.2, 0) is 24.4 Å². The third-order valence-electron chi connectivity index (χ3n) is 5.74. The van der Waals surface area contributed by atoms with Crippen molar-refractivity contribution in [1.29, 1.82) is 0 Å². The molecule has 4 atom stereocenters. The summed E-state index contributed by atoms with van der Waals surface area (Å²) in [5, 5.41) is 38.8. The second-order valence-electron chi connectivity index (χ2n) is 8.22. The van der Waals surface area contributed by atoms with Crippen molar-refractivity contribution in [2.24, 2.45) is 10.9 Å². The van der Waals surface area contributed by atoms with Gasteiger partial charge in [-0.25, -0.2) is 22.7 Å². The molecule has 0 spiro atoms. The molecule has 1 fully saturated rings. The van der Waals surface area contributed by atoms with Gasteiger partial charge in [-0.3, -0.25) is 14.5 Å². The number of benzene rings is 1. The normalized spacial score (nSPS) is 20.9. The number of aromatic nitrogens is 4. The van der Waals surface area contributed by atoms with Gasteiger partial charge in [-0.1, -0.05) is 17.8 Å². The summed E-state index contributed by atoms with van der Waals surface area (Å²) >= 11 is 2.12. The maximum atomic E-state index is 13.7. The Balaban J connectivity index is 1.55. The predicted molar refractivity (Wildman–Crippen MR) is 131 cm³/mol. The number of sulfonamides is 1. The number of carboxylic acids is 1. The van der Waals surface area contributed by atoms with Gasteiger partial charge in [0.25, 0.3) is 5.91 Å². The van der Waals surface area contributed by atoms with Crippen molar-refractivity contribution in [2.45, 2.75) is 34.3 Å². The maximum Gasteiger partial charge on any atom is 0.352 e. The molecule has 0 aliphatic carbocycles. The predicted octanol–water partition coefficient (Wildman–Crippen LogP) is -1.38. The molecule has 2 aliphatic heterocycles. The van der Waals surface area contributed by atoms with Crippen molar-refractivity contribution in [3.05, 3.63) is 40.8 Å². The van der Waals surface area contributed by atoms with Crippen LogP contribution in [-0.4, -0.2) is 90.1 Å². The van der Waals surface area contributed by atoms with Crippen molar-refractivity contribution in [2.75, 3.05) is 11.5 Å². The number of aliphatic carboxylic acids is 1. The summed E-state index contributed by atoms with van der Waals surface area (Å²) in [7, 11) is -3.89. The Hall–Kier alpha value is -3.26. The van der Waals surface area contributed by atoms with Crippen molar-refractivity contribution >= 4 is 51.3 Å². The SMILES string of the molecule is NC(C(=O)NC1C(=O)N2C(C(=O)O)=C(C(CCS(N)(=O)=O)Sc3nn[nH]n3)CS[C@@H]12)c1ccc(O)c(F)c1. The van der Waals surface area contributed by atoms with Crippen LogP contribution in [0.4, 0.5) is 4.39 Å². The topological polar surface area (TPSA) is 248 Å². The highest BCUT2D eigenvalue weighted by Crippen LogP contribution is 2.44. The van der Waals surface area contributed by atoms with E-state index >= 15 is 0 Å². The number of phenols is 1. The average Bonchev–Trinajstić information content (AvgIpc) is 3.37. The smallest absolute Gasteiger partial charge is 0.352 e. The molecular weight excluding hydrogens is 567 g/mol. The molecule has 2 aliphatic rings. The van der Waals surface area contributed by atoms with E-state index in [0.717, 1.165) is 40.6 Å². The number of aromatic hydroxyl groups is 1. The fraction of sp³-hybridized carbons (Fsp3) is 0.368. The van der Waals surface area contributed by atoms with Crippen molar-refractivity contribution < 1.29 is 37.4 Å². The molecular formula is C19H21FN8O7S3. The van der Waals surface area contributed by atoms with E-state index in [1.54, 1.807) is 0 Å². The molecule has 2 aromatic rings. The summed E-state index contributed by atoms with van der Waals surface area (Å²) in [6.45, 7) is 0. The molecule has 0 bridgehead atoms. The average molecular weight is 589 g/mol. The van der Waals surface area contributed by atoms with Crippen LogP contribution in [0.1, 0.15) is 18.0 Å². The van der Waals surface area contributed by atoms with Crippen LogP contribution in [0.2, 0.25) is 0 Å². The molecule has 2 amide bonds. The number of H-pyrrole nitrogens is 1. The van der Waals surface area contributed by atoms with Crippen molar-refractivity contribution in [1.82, 2.24) is 30.8 Å². The molecule has 0 saturated carbocycles. The fourth-order valence-electron chi connectivity index (χ4n) is 3.91. The number of carbonyl (C=O) groups excluding carboxylic acids is 2. The number of halogens is 1. The lowest BCUT2D eigenvalue weighted by molar-refractivity contribution is -0.150. The zero-order chi connectivity index (χ0) is 27.8. The minimum atomic E-state index is -3.89. The molecule has 3 unspecified atom stereocenters. The molecule has 38 heavy (non-hydrogen) atoms. The van der Waals surface area contributed by atoms with Gasteiger partial charge in [0.1, 0.15) is 23.2 Å². The van der Waals surface area contributed by atoms with Gasteiger partial charge in [0, 0.05) is 11.0 Å². The Morgan fingerprint density at radius 2 is 2.13 bits per heavy atom. The number of β-lactam (4-membered cyclic amide) rings is 1. The van der Waals surface area contributed by atoms with Gasteiger partial charge < -0.3 is 21.3 Å². The number of rotatable bonds is 10. The van der Waals surface area contributed by atoms with Gasteiger partial charge in [-0.15, -0.1) is 22.0 Å². The highest BCUT2D eigenvalue weighted by molar-refractivity contribution is 8.01. The van der Waals surface area contributed by atoms with E-state index in [9.17, 15) is 37.4 Å². The summed E-state index contributed by atoms with van der Waals surface area (Å²) in [5.74, 6) is -4.92. The summed E-state index contributed by atoms with van der Waals surface area (Å²) in [4.78, 5) is 39.0. The summed E-state index contributed by atoms with van der Waals surface area (Å²) in [6, 6.07) is 0.719. The van der Waals surface area contributed by atoms with Crippen LogP contribution in [0.15, 0.2) is 34.6 Å². The Labute approximate surface area is 222 Å². The largest absolute Gasteiger partial charge is 0.505 e. The lowest BCUT2D eigenvalue weighted by atomic mass is 9.99. The number of tetrazole rings is 1. The van der Waals surface area contributed by atoms with E-state index < -0.39 is 67.8 Å². The number of primary sulfonamides is 1. The number of carboxylic acid groups (broad SMARTS) is 1. The molecule has 1 aromatic heterocycles. The van der Waals surface area contributed by atoms with Gasteiger partial charge in [-0.05, 0) is 34.9 Å². The van der Waals surface area contributed by atoms with Crippen molar-refractivity contribution in [3.63, 3.8) is 0 Å². The molecule has 15 nitrogen and oxygen atoms in total. The fourth-order valence-corrected chi connectivity index (χ4v) is 7.16. The molecule has 1 aromatic carbocycles. The zero-order valence-corrected chi connectivity index (χ0v) is 21.6. The third-order valence-corrected chi connectivity index (χ3v) is 9.03. The van der Waals surface area contributed by atoms with Gasteiger partial charge in [0.15, 0.2) is 11.6 Å². The lowest BCUT2D eigenvalue weighted by Crippen LogP contribution is -2.71. The van der Waals surface area contributed by atoms with Crippen molar-refractivity contribution in [3.8, 4) is 5.75 Å². The molecule has 204 valence electrons. The van der Waals surface area contributed by atoms with Gasteiger partial charge in [0.2, 0.25) is 21.1 Å². The first kappa shape index (κ1) is 27.8. The molecule has 0 radical (unpaired) electrons. The number of thioether (sulfide) groups is 2. The van der Waals surface area contributed by atoms with E-state index in [2.05, 4.69) is 25.9 Å². The van der Waals surface area contributed by atoms with E-state index in [0.29, 0.717) is 0 Å². The lowest BCUT2D eigenvalue weighted by Gasteiger charge is -2.50. The summed E-state index contributed by atoms with van der Waals surface area (Å²) in [5.41, 5.74) is 5.86. The second kappa shape index (κ2) is 10.8. The number of nitrogens with zero attached hydrogens (tertiary/aromatic N) is 4. The highest BCUT2D eigenvalue weighted by Gasteiger charge is 2.55. The number of carbonyl (C=O) groups is 3. The van der Waals surface area contributed by atoms with Crippen LogP contribution in [0, 0.1) is 5.82 Å². The minimum absolute atomic E-state index is 0.0577. The van der Waals surface area contributed by atoms with Gasteiger partial charge in [0.05, 0.1) is 5.75 Å². The van der Waals surface area contributed by atoms with Gasteiger partial charge in [-0.2, -0.15) is 5.21 Å². The van der Waals surface area contributed by atoms with E-state index in [4.69, 9.17) is 10.9 Å². The standard InChI is InChI=1S/C19H21FN8O7S3/c20-9-5-7(1-2-10(9)29)12(21)15(30)23-13-16(31)28-14(18(32)33)8(6-36-17(13)28)11(3-4-38(22,34)35)37-19-24-26-27-25-19/h1-2,5,11-13,17,29H,3-4,6,21H2,(H,23,30)(H,32,33)(H2,22,34,35)(H,24,25,26,27)/t11?,12?,13?,17-/m0/s1. The Bertz CT molecular complexity index is 1400.